The van der Waals surface area contributed by atoms with Gasteiger partial charge >= 0.3 is 5.97 Å². The van der Waals surface area contributed by atoms with Crippen LogP contribution in [0.15, 0.2) is 52.8 Å². The molecule has 5 heteroatoms. The zero-order valence-corrected chi connectivity index (χ0v) is 21.8. The van der Waals surface area contributed by atoms with E-state index in [1.54, 1.807) is 4.90 Å². The number of esters is 1. The minimum Gasteiger partial charge on any atom is -0.465 e. The average molecular weight is 473 g/mol. The van der Waals surface area contributed by atoms with E-state index in [1.807, 2.05) is 13.0 Å². The molecular weight excluding hydrogens is 436 g/mol. The fourth-order valence-electron chi connectivity index (χ4n) is 5.48. The van der Waals surface area contributed by atoms with Gasteiger partial charge in [-0.2, -0.15) is 0 Å². The van der Waals surface area contributed by atoms with E-state index in [-0.39, 0.29) is 5.91 Å². The van der Waals surface area contributed by atoms with Crippen LogP contribution in [0.5, 0.6) is 0 Å². The lowest BCUT2D eigenvalue weighted by Crippen LogP contribution is -2.26. The summed E-state index contributed by atoms with van der Waals surface area (Å²) in [7, 11) is 1.37. The molecule has 1 amide bonds. The number of aromatic nitrogens is 1. The van der Waals surface area contributed by atoms with Gasteiger partial charge in [0.2, 0.25) is 0 Å². The van der Waals surface area contributed by atoms with E-state index in [1.165, 1.54) is 36.7 Å². The van der Waals surface area contributed by atoms with E-state index in [0.717, 1.165) is 41.9 Å². The van der Waals surface area contributed by atoms with Crippen LogP contribution in [0.25, 0.3) is 11.8 Å². The Balaban J connectivity index is 1.73. The first-order chi connectivity index (χ1) is 16.7. The highest BCUT2D eigenvalue weighted by Gasteiger charge is 2.37. The molecule has 0 N–H and O–H groups in total. The summed E-state index contributed by atoms with van der Waals surface area (Å²) in [4.78, 5) is 28.1. The van der Waals surface area contributed by atoms with Crippen LogP contribution in [0.2, 0.25) is 0 Å². The van der Waals surface area contributed by atoms with Gasteiger partial charge in [0.05, 0.1) is 23.9 Å². The number of carbonyl (C=O) groups is 2. The zero-order chi connectivity index (χ0) is 25.3. The van der Waals surface area contributed by atoms with Gasteiger partial charge in [-0.15, -0.1) is 0 Å². The molecule has 2 aromatic rings. The molecule has 0 saturated heterocycles. The summed E-state index contributed by atoms with van der Waals surface area (Å²) in [6, 6.07) is 8.37. The predicted octanol–water partition coefficient (Wildman–Crippen LogP) is 6.27. The first kappa shape index (κ1) is 24.8. The number of hydrogen-bond acceptors (Lipinski definition) is 3. The molecule has 5 nitrogen and oxygen atoms in total. The van der Waals surface area contributed by atoms with Crippen LogP contribution in [0.3, 0.4) is 0 Å². The number of carbonyl (C=O) groups excluding carboxylic acids is 2. The molecular formula is C30H36N2O3. The van der Waals surface area contributed by atoms with Crippen molar-refractivity contribution in [1.29, 1.82) is 0 Å². The third-order valence-electron chi connectivity index (χ3n) is 7.38. The Morgan fingerprint density at radius 3 is 2.43 bits per heavy atom. The van der Waals surface area contributed by atoms with E-state index >= 15 is 0 Å². The Labute approximate surface area is 208 Å². The lowest BCUT2D eigenvalue weighted by molar-refractivity contribution is -0.136. The Hall–Kier alpha value is -3.34. The van der Waals surface area contributed by atoms with Gasteiger partial charge in [-0.1, -0.05) is 29.8 Å². The van der Waals surface area contributed by atoms with Gasteiger partial charge in [0.15, 0.2) is 0 Å². The summed E-state index contributed by atoms with van der Waals surface area (Å²) in [5.74, 6) is -0.596. The maximum Gasteiger partial charge on any atom is 0.340 e. The maximum atomic E-state index is 13.6. The van der Waals surface area contributed by atoms with E-state index in [9.17, 15) is 9.59 Å². The van der Waals surface area contributed by atoms with Crippen LogP contribution in [-0.4, -0.2) is 35.0 Å². The maximum absolute atomic E-state index is 13.6. The summed E-state index contributed by atoms with van der Waals surface area (Å²) in [5.41, 5.74) is 9.45. The number of amides is 1. The lowest BCUT2D eigenvalue weighted by Gasteiger charge is -2.20. The van der Waals surface area contributed by atoms with Crippen molar-refractivity contribution in [2.24, 2.45) is 0 Å². The van der Waals surface area contributed by atoms with Gasteiger partial charge < -0.3 is 14.2 Å². The number of hydrogen-bond donors (Lipinski definition) is 0. The molecule has 1 aromatic carbocycles. The van der Waals surface area contributed by atoms with Crippen LogP contribution in [-0.2, 0) is 14.3 Å². The Morgan fingerprint density at radius 2 is 1.80 bits per heavy atom. The summed E-state index contributed by atoms with van der Waals surface area (Å²) in [6.07, 6.45) is 9.68. The fraction of sp³-hybridized carbons (Fsp3) is 0.400. The van der Waals surface area contributed by atoms with Gasteiger partial charge in [0.25, 0.3) is 5.91 Å². The fourth-order valence-corrected chi connectivity index (χ4v) is 5.48. The smallest absolute Gasteiger partial charge is 0.340 e. The van der Waals surface area contributed by atoms with Gasteiger partial charge in [-0.05, 0) is 95.6 Å². The van der Waals surface area contributed by atoms with Gasteiger partial charge in [0.1, 0.15) is 0 Å². The molecule has 0 bridgehead atoms. The minimum absolute atomic E-state index is 0.129. The summed E-state index contributed by atoms with van der Waals surface area (Å²) in [5, 5.41) is 0. The number of benzene rings is 1. The molecule has 2 aliphatic rings. The largest absolute Gasteiger partial charge is 0.465 e. The number of ether oxygens (including phenoxy) is 1. The first-order valence-corrected chi connectivity index (χ1v) is 12.5. The van der Waals surface area contributed by atoms with Crippen LogP contribution >= 0.6 is 0 Å². The molecule has 0 spiro atoms. The van der Waals surface area contributed by atoms with Crippen LogP contribution < -0.4 is 0 Å². The normalized spacial score (nSPS) is 17.4. The third-order valence-corrected chi connectivity index (χ3v) is 7.38. The minimum atomic E-state index is -0.468. The van der Waals surface area contributed by atoms with Gasteiger partial charge in [-0.3, -0.25) is 4.79 Å². The standard InChI is InChI=1S/C30H36N2O3/c1-19-11-10-12-20(2)28(19)32-21(3)17-25(22(32)4)18-26-27(30(34)35-6)23(5)31(29(26)33)16-15-24-13-8-7-9-14-24/h10-13,17-18H,7-9,14-16H2,1-6H3. The van der Waals surface area contributed by atoms with E-state index in [4.69, 9.17) is 4.74 Å². The van der Waals surface area contributed by atoms with Crippen molar-refractivity contribution in [3.8, 4) is 5.69 Å². The van der Waals surface area contributed by atoms with Crippen molar-refractivity contribution in [2.75, 3.05) is 13.7 Å². The summed E-state index contributed by atoms with van der Waals surface area (Å²) >= 11 is 0. The van der Waals surface area contributed by atoms with E-state index in [2.05, 4.69) is 62.6 Å². The number of methoxy groups -OCH3 is 1. The second-order valence-electron chi connectivity index (χ2n) is 9.73. The van der Waals surface area contributed by atoms with Gasteiger partial charge in [0, 0.05) is 23.6 Å². The number of allylic oxidation sites excluding steroid dienone is 2. The molecule has 0 atom stereocenters. The highest BCUT2D eigenvalue weighted by molar-refractivity contribution is 6.16. The quantitative estimate of drug-likeness (QED) is 0.283. The Kier molecular flexibility index (Phi) is 7.15. The molecule has 1 aromatic heterocycles. The van der Waals surface area contributed by atoms with Crippen molar-refractivity contribution in [1.82, 2.24) is 9.47 Å². The Bertz CT molecular complexity index is 1250. The van der Waals surface area contributed by atoms with Crippen molar-refractivity contribution < 1.29 is 14.3 Å². The van der Waals surface area contributed by atoms with Gasteiger partial charge in [-0.25, -0.2) is 4.79 Å². The molecule has 0 fully saturated rings. The lowest BCUT2D eigenvalue weighted by atomic mass is 9.97. The number of nitrogens with zero attached hydrogens (tertiary/aromatic N) is 2. The van der Waals surface area contributed by atoms with Crippen LogP contribution in [0.1, 0.15) is 67.1 Å². The molecule has 1 aliphatic carbocycles. The number of aryl methyl sites for hydroxylation is 3. The molecule has 35 heavy (non-hydrogen) atoms. The second-order valence-corrected chi connectivity index (χ2v) is 9.73. The predicted molar refractivity (Wildman–Crippen MR) is 140 cm³/mol. The van der Waals surface area contributed by atoms with Crippen molar-refractivity contribution in [3.05, 3.63) is 80.8 Å². The van der Waals surface area contributed by atoms with Crippen LogP contribution in [0.4, 0.5) is 0 Å². The average Bonchev–Trinajstić information content (AvgIpc) is 3.24. The third kappa shape index (κ3) is 4.64. The van der Waals surface area contributed by atoms with Crippen molar-refractivity contribution in [3.63, 3.8) is 0 Å². The molecule has 1 aliphatic heterocycles. The van der Waals surface area contributed by atoms with Crippen molar-refractivity contribution in [2.45, 2.75) is 66.7 Å². The molecule has 184 valence electrons. The molecule has 2 heterocycles. The summed E-state index contributed by atoms with van der Waals surface area (Å²) < 4.78 is 7.32. The highest BCUT2D eigenvalue weighted by atomic mass is 16.5. The molecule has 0 saturated carbocycles. The number of rotatable bonds is 6. The second kappa shape index (κ2) is 10.1. The topological polar surface area (TPSA) is 51.5 Å². The molecule has 0 radical (unpaired) electrons. The Morgan fingerprint density at radius 1 is 1.09 bits per heavy atom. The van der Waals surface area contributed by atoms with E-state index < -0.39 is 5.97 Å². The van der Waals surface area contributed by atoms with E-state index in [0.29, 0.717) is 23.4 Å². The molecule has 0 unspecified atom stereocenters. The first-order valence-electron chi connectivity index (χ1n) is 12.5. The number of para-hydroxylation sites is 1. The van der Waals surface area contributed by atoms with Crippen molar-refractivity contribution >= 4 is 18.0 Å². The zero-order valence-electron chi connectivity index (χ0n) is 21.8. The summed E-state index contributed by atoms with van der Waals surface area (Å²) in [6.45, 7) is 10.8. The monoisotopic (exact) mass is 472 g/mol. The highest BCUT2D eigenvalue weighted by Crippen LogP contribution is 2.34. The SMILES string of the molecule is COC(=O)C1=C(C)N(CCC2=CCCCC2)C(=O)C1=Cc1cc(C)n(-c2c(C)cccc2C)c1C. The van der Waals surface area contributed by atoms with Crippen LogP contribution in [0, 0.1) is 27.7 Å². The molecule has 4 rings (SSSR count).